The van der Waals surface area contributed by atoms with E-state index in [4.69, 9.17) is 0 Å². The van der Waals surface area contributed by atoms with Gasteiger partial charge in [-0.3, -0.25) is 9.59 Å². The van der Waals surface area contributed by atoms with Crippen molar-refractivity contribution in [3.8, 4) is 0 Å². The largest absolute Gasteiger partial charge is 0.342 e. The summed E-state index contributed by atoms with van der Waals surface area (Å²) >= 11 is 0. The Balaban J connectivity index is 1.55. The van der Waals surface area contributed by atoms with Crippen LogP contribution in [0.4, 0.5) is 0 Å². The summed E-state index contributed by atoms with van der Waals surface area (Å²) in [6, 6.07) is 18.3. The first-order chi connectivity index (χ1) is 14.3. The van der Waals surface area contributed by atoms with Gasteiger partial charge in [-0.15, -0.1) is 0 Å². The number of carbonyl (C=O) groups excluding carboxylic acids is 2. The molecule has 0 aliphatic carbocycles. The number of aromatic nitrogens is 1. The van der Waals surface area contributed by atoms with Crippen molar-refractivity contribution in [3.05, 3.63) is 71.9 Å². The third kappa shape index (κ3) is 3.97. The monoisotopic (exact) mass is 403 g/mol. The Kier molecular flexibility index (Phi) is 5.37. The zero-order valence-corrected chi connectivity index (χ0v) is 18.0. The predicted molar refractivity (Wildman–Crippen MR) is 119 cm³/mol. The van der Waals surface area contributed by atoms with Gasteiger partial charge in [0.25, 0.3) is 5.91 Å². The Morgan fingerprint density at radius 2 is 1.43 bits per heavy atom. The molecule has 1 saturated heterocycles. The van der Waals surface area contributed by atoms with E-state index in [2.05, 4.69) is 22.8 Å². The number of nitrogens with zero attached hydrogens (tertiary/aromatic N) is 3. The summed E-state index contributed by atoms with van der Waals surface area (Å²) in [7, 11) is 0. The van der Waals surface area contributed by atoms with Crippen LogP contribution in [0.15, 0.2) is 60.8 Å². The molecule has 1 aliphatic heterocycles. The van der Waals surface area contributed by atoms with E-state index < -0.39 is 5.41 Å². The topological polar surface area (TPSA) is 45.6 Å². The molecule has 0 unspecified atom stereocenters. The number of hydrogen-bond acceptors (Lipinski definition) is 2. The van der Waals surface area contributed by atoms with Gasteiger partial charge in [0, 0.05) is 55.2 Å². The van der Waals surface area contributed by atoms with E-state index in [1.165, 1.54) is 5.56 Å². The Hall–Kier alpha value is -3.08. The summed E-state index contributed by atoms with van der Waals surface area (Å²) in [6.07, 6.45) is 1.98. The lowest BCUT2D eigenvalue weighted by atomic mass is 9.94. The normalized spacial score (nSPS) is 14.9. The molecule has 5 nitrogen and oxygen atoms in total. The zero-order valence-electron chi connectivity index (χ0n) is 18.0. The van der Waals surface area contributed by atoms with E-state index in [0.717, 1.165) is 23.0 Å². The average molecular weight is 404 g/mol. The van der Waals surface area contributed by atoms with E-state index in [-0.39, 0.29) is 11.8 Å². The second-order valence-corrected chi connectivity index (χ2v) is 9.01. The van der Waals surface area contributed by atoms with Crippen LogP contribution in [-0.4, -0.2) is 52.4 Å². The van der Waals surface area contributed by atoms with E-state index in [1.807, 2.05) is 73.2 Å². The molecule has 2 heterocycles. The third-order valence-corrected chi connectivity index (χ3v) is 5.71. The van der Waals surface area contributed by atoms with Gasteiger partial charge < -0.3 is 14.4 Å². The number of piperazine rings is 1. The van der Waals surface area contributed by atoms with Gasteiger partial charge in [0.1, 0.15) is 0 Å². The fourth-order valence-electron chi connectivity index (χ4n) is 4.09. The maximum absolute atomic E-state index is 13.4. The van der Waals surface area contributed by atoms with Crippen molar-refractivity contribution in [2.75, 3.05) is 26.2 Å². The molecule has 0 N–H and O–H groups in total. The lowest BCUT2D eigenvalue weighted by Gasteiger charge is -2.37. The lowest BCUT2D eigenvalue weighted by molar-refractivity contribution is -0.140. The first-order valence-corrected chi connectivity index (χ1v) is 10.5. The van der Waals surface area contributed by atoms with E-state index in [0.29, 0.717) is 26.2 Å². The van der Waals surface area contributed by atoms with Crippen LogP contribution >= 0.6 is 0 Å². The molecule has 4 rings (SSSR count). The van der Waals surface area contributed by atoms with Crippen LogP contribution < -0.4 is 0 Å². The molecule has 5 heteroatoms. The number of fused-ring (bicyclic) bond motifs is 1. The molecule has 156 valence electrons. The third-order valence-electron chi connectivity index (χ3n) is 5.71. The Morgan fingerprint density at radius 3 is 2.10 bits per heavy atom. The molecule has 0 bridgehead atoms. The van der Waals surface area contributed by atoms with Crippen LogP contribution in [0.5, 0.6) is 0 Å². The smallest absolute Gasteiger partial charge is 0.256 e. The minimum Gasteiger partial charge on any atom is -0.342 e. The van der Waals surface area contributed by atoms with Gasteiger partial charge >= 0.3 is 0 Å². The maximum atomic E-state index is 13.4. The Labute approximate surface area is 177 Å². The average Bonchev–Trinajstić information content (AvgIpc) is 3.11. The van der Waals surface area contributed by atoms with Crippen LogP contribution in [0.25, 0.3) is 10.9 Å². The van der Waals surface area contributed by atoms with Gasteiger partial charge in [0.2, 0.25) is 5.91 Å². The van der Waals surface area contributed by atoms with E-state index >= 15 is 0 Å². The lowest BCUT2D eigenvalue weighted by Crippen LogP contribution is -2.53. The molecule has 1 aromatic heterocycles. The van der Waals surface area contributed by atoms with Crippen molar-refractivity contribution in [2.24, 2.45) is 5.41 Å². The van der Waals surface area contributed by atoms with E-state index in [9.17, 15) is 9.59 Å². The van der Waals surface area contributed by atoms with Crippen LogP contribution in [0.3, 0.4) is 0 Å². The molecule has 30 heavy (non-hydrogen) atoms. The zero-order chi connectivity index (χ0) is 21.3. The SMILES string of the molecule is CC(C)(C)C(=O)N1CCN(C(=O)c2cn(Cc3ccccc3)c3ccccc23)CC1. The second kappa shape index (κ2) is 7.98. The Morgan fingerprint density at radius 1 is 0.833 bits per heavy atom. The number of para-hydroxylation sites is 1. The molecule has 0 radical (unpaired) electrons. The molecule has 1 aliphatic rings. The van der Waals surface area contributed by atoms with Crippen molar-refractivity contribution in [2.45, 2.75) is 27.3 Å². The molecular formula is C25H29N3O2. The highest BCUT2D eigenvalue weighted by molar-refractivity contribution is 6.07. The maximum Gasteiger partial charge on any atom is 0.256 e. The van der Waals surface area contributed by atoms with Crippen molar-refractivity contribution < 1.29 is 9.59 Å². The van der Waals surface area contributed by atoms with Crippen LogP contribution in [0.1, 0.15) is 36.7 Å². The second-order valence-electron chi connectivity index (χ2n) is 9.01. The van der Waals surface area contributed by atoms with Gasteiger partial charge in [-0.1, -0.05) is 69.3 Å². The van der Waals surface area contributed by atoms with Gasteiger partial charge in [-0.25, -0.2) is 0 Å². The fraction of sp³-hybridized carbons (Fsp3) is 0.360. The standard InChI is InChI=1S/C25H29N3O2/c1-25(2,3)24(30)27-15-13-26(14-16-27)23(29)21-18-28(17-19-9-5-4-6-10-19)22-12-8-7-11-20(21)22/h4-12,18H,13-17H2,1-3H3. The molecule has 1 fully saturated rings. The van der Waals surface area contributed by atoms with Crippen LogP contribution in [0.2, 0.25) is 0 Å². The summed E-state index contributed by atoms with van der Waals surface area (Å²) < 4.78 is 2.15. The highest BCUT2D eigenvalue weighted by Gasteiger charge is 2.31. The summed E-state index contributed by atoms with van der Waals surface area (Å²) in [5.41, 5.74) is 2.60. The van der Waals surface area contributed by atoms with Crippen LogP contribution in [0, 0.1) is 5.41 Å². The van der Waals surface area contributed by atoms with Crippen molar-refractivity contribution in [3.63, 3.8) is 0 Å². The molecule has 2 amide bonds. The summed E-state index contributed by atoms with van der Waals surface area (Å²) in [4.78, 5) is 29.7. The number of amides is 2. The molecule has 2 aromatic carbocycles. The summed E-state index contributed by atoms with van der Waals surface area (Å²) in [6.45, 7) is 8.85. The minimum atomic E-state index is -0.392. The van der Waals surface area contributed by atoms with Crippen molar-refractivity contribution >= 4 is 22.7 Å². The Bertz CT molecular complexity index is 1050. The van der Waals surface area contributed by atoms with Crippen molar-refractivity contribution in [1.29, 1.82) is 0 Å². The fourth-order valence-corrected chi connectivity index (χ4v) is 4.09. The minimum absolute atomic E-state index is 0.0425. The molecule has 3 aromatic rings. The van der Waals surface area contributed by atoms with E-state index in [1.54, 1.807) is 0 Å². The molecule has 0 spiro atoms. The highest BCUT2D eigenvalue weighted by Crippen LogP contribution is 2.25. The van der Waals surface area contributed by atoms with Crippen LogP contribution in [-0.2, 0) is 11.3 Å². The van der Waals surface area contributed by atoms with Crippen molar-refractivity contribution in [1.82, 2.24) is 14.4 Å². The van der Waals surface area contributed by atoms with Gasteiger partial charge in [-0.2, -0.15) is 0 Å². The van der Waals surface area contributed by atoms with Gasteiger partial charge in [0.15, 0.2) is 0 Å². The molecule has 0 atom stereocenters. The molecule has 0 saturated carbocycles. The summed E-state index contributed by atoms with van der Waals surface area (Å²) in [5, 5.41) is 0.978. The predicted octanol–water partition coefficient (Wildman–Crippen LogP) is 4.02. The van der Waals surface area contributed by atoms with Gasteiger partial charge in [-0.05, 0) is 11.6 Å². The number of hydrogen-bond donors (Lipinski definition) is 0. The number of benzene rings is 2. The highest BCUT2D eigenvalue weighted by atomic mass is 16.2. The first kappa shape index (κ1) is 20.2. The number of rotatable bonds is 3. The molecular weight excluding hydrogens is 374 g/mol. The number of carbonyl (C=O) groups is 2. The quantitative estimate of drug-likeness (QED) is 0.663. The first-order valence-electron chi connectivity index (χ1n) is 10.5. The van der Waals surface area contributed by atoms with Gasteiger partial charge in [0.05, 0.1) is 5.56 Å². The summed E-state index contributed by atoms with van der Waals surface area (Å²) in [5.74, 6) is 0.190.